The van der Waals surface area contributed by atoms with Gasteiger partial charge in [0.1, 0.15) is 6.54 Å². The van der Waals surface area contributed by atoms with E-state index in [0.717, 1.165) is 65.4 Å². The first-order chi connectivity index (χ1) is 15.5. The average Bonchev–Trinajstić information content (AvgIpc) is 2.81. The van der Waals surface area contributed by atoms with Gasteiger partial charge >= 0.3 is 0 Å². The predicted molar refractivity (Wildman–Crippen MR) is 127 cm³/mol. The van der Waals surface area contributed by atoms with Crippen LogP contribution in [0.2, 0.25) is 0 Å². The Labute approximate surface area is 192 Å². The largest absolute Gasteiger partial charge is 0.379 e. The van der Waals surface area contributed by atoms with Crippen LogP contribution < -0.4 is 10.6 Å². The maximum Gasteiger partial charge on any atom is 0.243 e. The van der Waals surface area contributed by atoms with Gasteiger partial charge in [-0.15, -0.1) is 0 Å². The van der Waals surface area contributed by atoms with Gasteiger partial charge in [-0.05, 0) is 25.3 Å². The van der Waals surface area contributed by atoms with Gasteiger partial charge in [-0.25, -0.2) is 4.99 Å². The van der Waals surface area contributed by atoms with E-state index in [1.807, 2.05) is 0 Å². The summed E-state index contributed by atoms with van der Waals surface area (Å²) in [6.45, 7) is 8.96. The van der Waals surface area contributed by atoms with Crippen molar-refractivity contribution in [2.45, 2.75) is 25.9 Å². The van der Waals surface area contributed by atoms with Crippen LogP contribution in [0.4, 0.5) is 0 Å². The van der Waals surface area contributed by atoms with Gasteiger partial charge < -0.3 is 25.0 Å². The lowest BCUT2D eigenvalue weighted by atomic mass is 9.89. The SMILES string of the molecule is Cc1ccc(C2OCCCC2CNC(=NCC(=O)N(C)C)NCCN2CCOCC2)cc1. The molecular weight excluding hydrogens is 406 g/mol. The fourth-order valence-corrected chi connectivity index (χ4v) is 4.02. The van der Waals surface area contributed by atoms with Gasteiger partial charge in [0.15, 0.2) is 5.96 Å². The molecule has 0 spiro atoms. The summed E-state index contributed by atoms with van der Waals surface area (Å²) >= 11 is 0. The second-order valence-electron chi connectivity index (χ2n) is 8.82. The number of rotatable bonds is 8. The maximum atomic E-state index is 12.1. The van der Waals surface area contributed by atoms with Gasteiger partial charge in [-0.3, -0.25) is 9.69 Å². The summed E-state index contributed by atoms with van der Waals surface area (Å²) < 4.78 is 11.6. The molecular formula is C24H39N5O3. The maximum absolute atomic E-state index is 12.1. The lowest BCUT2D eigenvalue weighted by Gasteiger charge is -2.33. The third-order valence-corrected chi connectivity index (χ3v) is 6.08. The van der Waals surface area contributed by atoms with Crippen LogP contribution in [-0.2, 0) is 14.3 Å². The first kappa shape index (κ1) is 24.5. The highest BCUT2D eigenvalue weighted by molar-refractivity contribution is 5.84. The van der Waals surface area contributed by atoms with Crippen LogP contribution in [0.25, 0.3) is 0 Å². The highest BCUT2D eigenvalue weighted by atomic mass is 16.5. The first-order valence-electron chi connectivity index (χ1n) is 11.7. The summed E-state index contributed by atoms with van der Waals surface area (Å²) in [4.78, 5) is 20.5. The van der Waals surface area contributed by atoms with Crippen molar-refractivity contribution in [2.75, 3.05) is 73.2 Å². The van der Waals surface area contributed by atoms with Gasteiger partial charge in [0.05, 0.1) is 19.3 Å². The molecule has 1 aromatic rings. The number of guanidine groups is 1. The van der Waals surface area contributed by atoms with E-state index in [-0.39, 0.29) is 18.6 Å². The number of ether oxygens (including phenoxy) is 2. The van der Waals surface area contributed by atoms with Crippen molar-refractivity contribution in [3.8, 4) is 0 Å². The molecule has 2 heterocycles. The summed E-state index contributed by atoms with van der Waals surface area (Å²) in [5.41, 5.74) is 2.48. The monoisotopic (exact) mass is 445 g/mol. The van der Waals surface area contributed by atoms with Crippen molar-refractivity contribution >= 4 is 11.9 Å². The number of morpholine rings is 1. The summed E-state index contributed by atoms with van der Waals surface area (Å²) in [6.07, 6.45) is 2.24. The smallest absolute Gasteiger partial charge is 0.243 e. The molecule has 0 radical (unpaired) electrons. The highest BCUT2D eigenvalue weighted by Gasteiger charge is 2.27. The fourth-order valence-electron chi connectivity index (χ4n) is 4.02. The Morgan fingerprint density at radius 2 is 1.91 bits per heavy atom. The lowest BCUT2D eigenvalue weighted by Crippen LogP contribution is -2.46. The Kier molecular flexibility index (Phi) is 9.77. The molecule has 2 aliphatic heterocycles. The van der Waals surface area contributed by atoms with E-state index in [1.165, 1.54) is 11.1 Å². The normalized spacial score (nSPS) is 22.4. The third-order valence-electron chi connectivity index (χ3n) is 6.08. The molecule has 8 nitrogen and oxygen atoms in total. The summed E-state index contributed by atoms with van der Waals surface area (Å²) in [5, 5.41) is 6.89. The van der Waals surface area contributed by atoms with Gasteiger partial charge in [-0.1, -0.05) is 29.8 Å². The van der Waals surface area contributed by atoms with Crippen LogP contribution in [0.15, 0.2) is 29.3 Å². The number of nitrogens with one attached hydrogen (secondary N) is 2. The quantitative estimate of drug-likeness (QED) is 0.466. The molecule has 32 heavy (non-hydrogen) atoms. The fraction of sp³-hybridized carbons (Fsp3) is 0.667. The van der Waals surface area contributed by atoms with Gasteiger partial charge in [0.25, 0.3) is 0 Å². The van der Waals surface area contributed by atoms with Crippen molar-refractivity contribution in [3.63, 3.8) is 0 Å². The summed E-state index contributed by atoms with van der Waals surface area (Å²) in [7, 11) is 3.50. The number of carbonyl (C=O) groups excluding carboxylic acids is 1. The number of hydrogen-bond donors (Lipinski definition) is 2. The Balaban J connectivity index is 1.58. The molecule has 0 aliphatic carbocycles. The van der Waals surface area contributed by atoms with Crippen molar-refractivity contribution in [2.24, 2.45) is 10.9 Å². The molecule has 0 saturated carbocycles. The molecule has 178 valence electrons. The van der Waals surface area contributed by atoms with E-state index in [0.29, 0.717) is 11.9 Å². The topological polar surface area (TPSA) is 78.4 Å². The Morgan fingerprint density at radius 1 is 1.16 bits per heavy atom. The van der Waals surface area contributed by atoms with E-state index in [1.54, 1.807) is 19.0 Å². The van der Waals surface area contributed by atoms with E-state index in [9.17, 15) is 4.79 Å². The van der Waals surface area contributed by atoms with Crippen molar-refractivity contribution < 1.29 is 14.3 Å². The molecule has 0 aromatic heterocycles. The lowest BCUT2D eigenvalue weighted by molar-refractivity contribution is -0.127. The third kappa shape index (κ3) is 7.76. The molecule has 2 fully saturated rings. The van der Waals surface area contributed by atoms with Crippen LogP contribution in [0.1, 0.15) is 30.1 Å². The van der Waals surface area contributed by atoms with E-state index in [2.05, 4.69) is 51.7 Å². The number of aryl methyl sites for hydroxylation is 1. The van der Waals surface area contributed by atoms with Crippen LogP contribution >= 0.6 is 0 Å². The second-order valence-corrected chi connectivity index (χ2v) is 8.82. The van der Waals surface area contributed by atoms with Crippen LogP contribution in [0, 0.1) is 12.8 Å². The first-order valence-corrected chi connectivity index (χ1v) is 11.7. The summed E-state index contributed by atoms with van der Waals surface area (Å²) in [6, 6.07) is 8.63. The van der Waals surface area contributed by atoms with Crippen LogP contribution in [0.5, 0.6) is 0 Å². The molecule has 0 bridgehead atoms. The zero-order valence-corrected chi connectivity index (χ0v) is 19.8. The van der Waals surface area contributed by atoms with E-state index < -0.39 is 0 Å². The minimum Gasteiger partial charge on any atom is -0.379 e. The van der Waals surface area contributed by atoms with E-state index in [4.69, 9.17) is 9.47 Å². The molecule has 2 unspecified atom stereocenters. The molecule has 1 amide bonds. The van der Waals surface area contributed by atoms with Crippen molar-refractivity contribution in [1.29, 1.82) is 0 Å². The number of benzene rings is 1. The molecule has 2 N–H and O–H groups in total. The zero-order valence-electron chi connectivity index (χ0n) is 19.8. The molecule has 1 aromatic carbocycles. The highest BCUT2D eigenvalue weighted by Crippen LogP contribution is 2.33. The minimum absolute atomic E-state index is 0.0159. The predicted octanol–water partition coefficient (Wildman–Crippen LogP) is 1.42. The number of hydrogen-bond acceptors (Lipinski definition) is 5. The van der Waals surface area contributed by atoms with Crippen LogP contribution in [0.3, 0.4) is 0 Å². The average molecular weight is 446 g/mol. The molecule has 8 heteroatoms. The van der Waals surface area contributed by atoms with Gasteiger partial charge in [-0.2, -0.15) is 0 Å². The Bertz CT molecular complexity index is 732. The minimum atomic E-state index is -0.0159. The second kappa shape index (κ2) is 12.8. The Hall–Kier alpha value is -2.16. The number of carbonyl (C=O) groups is 1. The van der Waals surface area contributed by atoms with Gasteiger partial charge in [0.2, 0.25) is 5.91 Å². The van der Waals surface area contributed by atoms with Crippen LogP contribution in [-0.4, -0.2) is 94.9 Å². The van der Waals surface area contributed by atoms with Crippen molar-refractivity contribution in [3.05, 3.63) is 35.4 Å². The van der Waals surface area contributed by atoms with E-state index >= 15 is 0 Å². The van der Waals surface area contributed by atoms with Crippen molar-refractivity contribution in [1.82, 2.24) is 20.4 Å². The Morgan fingerprint density at radius 3 is 2.62 bits per heavy atom. The number of aliphatic imine (C=N–C) groups is 1. The number of nitrogens with zero attached hydrogens (tertiary/aromatic N) is 3. The molecule has 2 aliphatic rings. The molecule has 2 saturated heterocycles. The zero-order chi connectivity index (χ0) is 22.8. The number of likely N-dealkylation sites (N-methyl/N-ethyl adjacent to an activating group) is 1. The summed E-state index contributed by atoms with van der Waals surface area (Å²) in [5.74, 6) is 1.02. The number of amides is 1. The molecule has 2 atom stereocenters. The standard InChI is InChI=1S/C24H39N5O3/c1-19-6-8-20(9-7-19)23-21(5-4-14-32-23)17-26-24(27-18-22(30)28(2)3)25-10-11-29-12-15-31-16-13-29/h6-9,21,23H,4-5,10-18H2,1-3H3,(H2,25,26,27). The molecule has 3 rings (SSSR count). The van der Waals surface area contributed by atoms with Gasteiger partial charge in [0, 0.05) is 59.3 Å².